The first-order valence-electron chi connectivity index (χ1n) is 4.91. The molecule has 0 aromatic heterocycles. The van der Waals surface area contributed by atoms with Crippen LogP contribution in [0.1, 0.15) is 19.8 Å². The van der Waals surface area contributed by atoms with Crippen molar-refractivity contribution in [2.75, 3.05) is 19.6 Å². The van der Waals surface area contributed by atoms with E-state index in [1.807, 2.05) is 0 Å². The third-order valence-corrected chi connectivity index (χ3v) is 2.46. The summed E-state index contributed by atoms with van der Waals surface area (Å²) in [6.07, 6.45) is 1.88. The number of halogens is 2. The van der Waals surface area contributed by atoms with Gasteiger partial charge in [0.1, 0.15) is 0 Å². The minimum Gasteiger partial charge on any atom is -0.478 e. The highest BCUT2D eigenvalue weighted by Crippen LogP contribution is 2.26. The van der Waals surface area contributed by atoms with Crippen LogP contribution in [-0.2, 0) is 4.79 Å². The lowest BCUT2D eigenvalue weighted by Gasteiger charge is -2.31. The fraction of sp³-hybridized carbons (Fsp3) is 0.700. The van der Waals surface area contributed by atoms with Gasteiger partial charge in [-0.05, 0) is 19.9 Å². The van der Waals surface area contributed by atoms with Crippen LogP contribution in [0.5, 0.6) is 0 Å². The lowest BCUT2D eigenvalue weighted by atomic mass is 10.1. The summed E-state index contributed by atoms with van der Waals surface area (Å²) >= 11 is 0. The van der Waals surface area contributed by atoms with Gasteiger partial charge in [-0.15, -0.1) is 0 Å². The van der Waals surface area contributed by atoms with Gasteiger partial charge in [0, 0.05) is 18.5 Å². The summed E-state index contributed by atoms with van der Waals surface area (Å²) in [7, 11) is 0. The fourth-order valence-electron chi connectivity index (χ4n) is 1.56. The second-order valence-corrected chi connectivity index (χ2v) is 3.89. The molecule has 1 saturated heterocycles. The first-order valence-corrected chi connectivity index (χ1v) is 4.91. The van der Waals surface area contributed by atoms with Gasteiger partial charge in [-0.3, -0.25) is 4.90 Å². The number of nitrogens with zero attached hydrogens (tertiary/aromatic N) is 1. The fourth-order valence-corrected chi connectivity index (χ4v) is 1.56. The van der Waals surface area contributed by atoms with Gasteiger partial charge in [0.25, 0.3) is 5.92 Å². The van der Waals surface area contributed by atoms with E-state index in [2.05, 4.69) is 0 Å². The van der Waals surface area contributed by atoms with Crippen LogP contribution in [0.3, 0.4) is 0 Å². The van der Waals surface area contributed by atoms with Gasteiger partial charge in [-0.1, -0.05) is 6.08 Å². The van der Waals surface area contributed by atoms with Gasteiger partial charge in [-0.2, -0.15) is 0 Å². The summed E-state index contributed by atoms with van der Waals surface area (Å²) in [5.74, 6) is -3.62. The average molecular weight is 219 g/mol. The van der Waals surface area contributed by atoms with Crippen LogP contribution in [-0.4, -0.2) is 41.5 Å². The summed E-state index contributed by atoms with van der Waals surface area (Å²) in [5.41, 5.74) is 0.198. The van der Waals surface area contributed by atoms with E-state index >= 15 is 0 Å². The molecule has 1 aliphatic heterocycles. The van der Waals surface area contributed by atoms with Crippen molar-refractivity contribution in [3.63, 3.8) is 0 Å². The third-order valence-electron chi connectivity index (χ3n) is 2.46. The van der Waals surface area contributed by atoms with Crippen LogP contribution in [0.2, 0.25) is 0 Å². The second-order valence-electron chi connectivity index (χ2n) is 3.89. The Bertz CT molecular complexity index is 277. The standard InChI is InChI=1S/C10H15F2NO2/c1-8(9(14)15)3-6-13-5-2-4-10(11,12)7-13/h3H,2,4-7H2,1H3,(H,14,15)/b8-3+. The van der Waals surface area contributed by atoms with E-state index in [1.165, 1.54) is 13.0 Å². The van der Waals surface area contributed by atoms with Crippen molar-refractivity contribution >= 4 is 5.97 Å². The van der Waals surface area contributed by atoms with Crippen molar-refractivity contribution in [1.29, 1.82) is 0 Å². The molecule has 1 N–H and O–H groups in total. The Labute approximate surface area is 87.4 Å². The molecule has 0 atom stereocenters. The van der Waals surface area contributed by atoms with Gasteiger partial charge in [0.15, 0.2) is 0 Å². The number of carboxylic acids is 1. The molecule has 1 aliphatic rings. The van der Waals surface area contributed by atoms with E-state index in [4.69, 9.17) is 5.11 Å². The van der Waals surface area contributed by atoms with E-state index in [0.717, 1.165) is 0 Å². The molecule has 0 saturated carbocycles. The number of aliphatic carboxylic acids is 1. The third kappa shape index (κ3) is 3.95. The SMILES string of the molecule is C/C(=C\CN1CCCC(F)(F)C1)C(=O)O. The van der Waals surface area contributed by atoms with Gasteiger partial charge in [0.2, 0.25) is 0 Å². The zero-order chi connectivity index (χ0) is 11.5. The molecular weight excluding hydrogens is 204 g/mol. The molecular formula is C10H15F2NO2. The molecule has 0 aliphatic carbocycles. The molecule has 5 heteroatoms. The number of rotatable bonds is 3. The molecule has 0 amide bonds. The Morgan fingerprint density at radius 1 is 1.60 bits per heavy atom. The smallest absolute Gasteiger partial charge is 0.330 e. The predicted molar refractivity (Wildman–Crippen MR) is 52.0 cm³/mol. The maximum absolute atomic E-state index is 13.0. The number of piperidine rings is 1. The van der Waals surface area contributed by atoms with Crippen molar-refractivity contribution in [1.82, 2.24) is 4.90 Å². The zero-order valence-electron chi connectivity index (χ0n) is 8.67. The Morgan fingerprint density at radius 2 is 2.27 bits per heavy atom. The molecule has 0 aromatic carbocycles. The molecule has 1 rings (SSSR count). The Hall–Kier alpha value is -0.970. The van der Waals surface area contributed by atoms with Crippen molar-refractivity contribution in [2.24, 2.45) is 0 Å². The molecule has 3 nitrogen and oxygen atoms in total. The largest absolute Gasteiger partial charge is 0.478 e. The van der Waals surface area contributed by atoms with E-state index in [1.54, 1.807) is 4.90 Å². The molecule has 1 heterocycles. The summed E-state index contributed by atoms with van der Waals surface area (Å²) in [5, 5.41) is 8.58. The molecule has 1 fully saturated rings. The van der Waals surface area contributed by atoms with Crippen molar-refractivity contribution < 1.29 is 18.7 Å². The normalized spacial score (nSPS) is 22.7. The van der Waals surface area contributed by atoms with Gasteiger partial charge in [-0.25, -0.2) is 13.6 Å². The molecule has 0 unspecified atom stereocenters. The lowest BCUT2D eigenvalue weighted by Crippen LogP contribution is -2.42. The summed E-state index contributed by atoms with van der Waals surface area (Å²) in [6, 6.07) is 0. The Balaban J connectivity index is 2.46. The number of carbonyl (C=O) groups is 1. The van der Waals surface area contributed by atoms with Crippen LogP contribution >= 0.6 is 0 Å². The zero-order valence-corrected chi connectivity index (χ0v) is 8.67. The first kappa shape index (κ1) is 12.1. The highest BCUT2D eigenvalue weighted by molar-refractivity contribution is 5.85. The highest BCUT2D eigenvalue weighted by Gasteiger charge is 2.34. The number of hydrogen-bond acceptors (Lipinski definition) is 2. The van der Waals surface area contributed by atoms with Crippen molar-refractivity contribution in [2.45, 2.75) is 25.7 Å². The van der Waals surface area contributed by atoms with Crippen LogP contribution in [0.4, 0.5) is 8.78 Å². The van der Waals surface area contributed by atoms with Crippen LogP contribution in [0.15, 0.2) is 11.6 Å². The van der Waals surface area contributed by atoms with E-state index < -0.39 is 11.9 Å². The van der Waals surface area contributed by atoms with Crippen LogP contribution in [0, 0.1) is 0 Å². The monoisotopic (exact) mass is 219 g/mol. The average Bonchev–Trinajstić information content (AvgIpc) is 2.12. The van der Waals surface area contributed by atoms with Gasteiger partial charge < -0.3 is 5.11 Å². The summed E-state index contributed by atoms with van der Waals surface area (Å²) in [6.45, 7) is 2.09. The van der Waals surface area contributed by atoms with Crippen LogP contribution < -0.4 is 0 Å². The molecule has 0 aromatic rings. The Kier molecular flexibility index (Phi) is 3.79. The van der Waals surface area contributed by atoms with E-state index in [9.17, 15) is 13.6 Å². The predicted octanol–water partition coefficient (Wildman–Crippen LogP) is 1.75. The van der Waals surface area contributed by atoms with E-state index in [-0.39, 0.29) is 25.1 Å². The first-order chi connectivity index (χ1) is 6.91. The minimum absolute atomic E-state index is 0.0644. The lowest BCUT2D eigenvalue weighted by molar-refractivity contribution is -0.132. The van der Waals surface area contributed by atoms with Gasteiger partial charge >= 0.3 is 5.97 Å². The number of likely N-dealkylation sites (tertiary alicyclic amines) is 1. The molecule has 0 bridgehead atoms. The molecule has 86 valence electrons. The molecule has 15 heavy (non-hydrogen) atoms. The number of carboxylic acid groups (broad SMARTS) is 1. The van der Waals surface area contributed by atoms with Crippen molar-refractivity contribution in [3.8, 4) is 0 Å². The highest BCUT2D eigenvalue weighted by atomic mass is 19.3. The quantitative estimate of drug-likeness (QED) is 0.735. The van der Waals surface area contributed by atoms with E-state index in [0.29, 0.717) is 13.0 Å². The minimum atomic E-state index is -2.62. The van der Waals surface area contributed by atoms with Crippen molar-refractivity contribution in [3.05, 3.63) is 11.6 Å². The maximum Gasteiger partial charge on any atom is 0.330 e. The Morgan fingerprint density at radius 3 is 2.80 bits per heavy atom. The van der Waals surface area contributed by atoms with Crippen LogP contribution in [0.25, 0.3) is 0 Å². The van der Waals surface area contributed by atoms with Gasteiger partial charge in [0.05, 0.1) is 6.54 Å². The topological polar surface area (TPSA) is 40.5 Å². The molecule has 0 spiro atoms. The number of alkyl halides is 2. The summed E-state index contributed by atoms with van der Waals surface area (Å²) in [4.78, 5) is 12.0. The maximum atomic E-state index is 13.0. The summed E-state index contributed by atoms with van der Waals surface area (Å²) < 4.78 is 25.9. The molecule has 0 radical (unpaired) electrons. The second kappa shape index (κ2) is 4.70. The number of hydrogen-bond donors (Lipinski definition) is 1.